The Balaban J connectivity index is 2.11. The predicted octanol–water partition coefficient (Wildman–Crippen LogP) is 0.910. The Labute approximate surface area is 105 Å². The lowest BCUT2D eigenvalue weighted by Gasteiger charge is -2.06. The smallest absolute Gasteiger partial charge is 0.272 e. The summed E-state index contributed by atoms with van der Waals surface area (Å²) >= 11 is 0. The van der Waals surface area contributed by atoms with Gasteiger partial charge in [-0.2, -0.15) is 0 Å². The van der Waals surface area contributed by atoms with Crippen LogP contribution in [0.5, 0.6) is 0 Å². The standard InChI is InChI=1S/C12H14N5O/c1-9-5-4-6-10(7-9)12(18)15-17-13-8-11(14-17)16(2)3/h4-8H,1H2,2-3H3,(H,15,18). The topological polar surface area (TPSA) is 63.1 Å². The highest BCUT2D eigenvalue weighted by Gasteiger charge is 2.08. The van der Waals surface area contributed by atoms with Crippen molar-refractivity contribution in [1.82, 2.24) is 15.1 Å². The first-order valence-corrected chi connectivity index (χ1v) is 5.39. The quantitative estimate of drug-likeness (QED) is 0.871. The summed E-state index contributed by atoms with van der Waals surface area (Å²) in [4.78, 5) is 14.8. The van der Waals surface area contributed by atoms with Crippen molar-refractivity contribution in [2.45, 2.75) is 0 Å². The van der Waals surface area contributed by atoms with E-state index in [0.29, 0.717) is 11.4 Å². The van der Waals surface area contributed by atoms with Crippen molar-refractivity contribution in [2.24, 2.45) is 0 Å². The molecule has 0 unspecified atom stereocenters. The highest BCUT2D eigenvalue weighted by Crippen LogP contribution is 2.05. The Hall–Kier alpha value is -2.37. The Kier molecular flexibility index (Phi) is 3.27. The average Bonchev–Trinajstić information content (AvgIpc) is 2.77. The molecule has 1 N–H and O–H groups in total. The van der Waals surface area contributed by atoms with E-state index in [2.05, 4.69) is 22.5 Å². The molecule has 2 rings (SSSR count). The third kappa shape index (κ3) is 2.65. The lowest BCUT2D eigenvalue weighted by Crippen LogP contribution is -2.25. The second kappa shape index (κ2) is 4.87. The van der Waals surface area contributed by atoms with Crippen LogP contribution in [0.2, 0.25) is 0 Å². The molecule has 0 atom stereocenters. The van der Waals surface area contributed by atoms with Crippen LogP contribution in [0.4, 0.5) is 5.82 Å². The van der Waals surface area contributed by atoms with E-state index in [1.165, 1.54) is 0 Å². The lowest BCUT2D eigenvalue weighted by atomic mass is 10.1. The molecule has 2 aromatic rings. The molecule has 1 heterocycles. The van der Waals surface area contributed by atoms with Gasteiger partial charge in [0.1, 0.15) is 0 Å². The van der Waals surface area contributed by atoms with Crippen LogP contribution in [0.1, 0.15) is 15.9 Å². The van der Waals surface area contributed by atoms with E-state index in [1.807, 2.05) is 20.2 Å². The van der Waals surface area contributed by atoms with Crippen molar-refractivity contribution in [3.05, 3.63) is 48.5 Å². The highest BCUT2D eigenvalue weighted by atomic mass is 16.2. The van der Waals surface area contributed by atoms with E-state index in [4.69, 9.17) is 0 Å². The largest absolute Gasteiger partial charge is 0.360 e. The summed E-state index contributed by atoms with van der Waals surface area (Å²) in [7, 11) is 3.70. The van der Waals surface area contributed by atoms with Gasteiger partial charge in [-0.1, -0.05) is 17.0 Å². The van der Waals surface area contributed by atoms with Crippen LogP contribution in [0.15, 0.2) is 30.5 Å². The molecule has 6 heteroatoms. The van der Waals surface area contributed by atoms with E-state index in [-0.39, 0.29) is 5.91 Å². The fourth-order valence-corrected chi connectivity index (χ4v) is 1.38. The number of hydrogen-bond donors (Lipinski definition) is 1. The Morgan fingerprint density at radius 2 is 2.22 bits per heavy atom. The minimum Gasteiger partial charge on any atom is -0.360 e. The molecule has 18 heavy (non-hydrogen) atoms. The Morgan fingerprint density at radius 1 is 1.44 bits per heavy atom. The summed E-state index contributed by atoms with van der Waals surface area (Å²) in [5.41, 5.74) is 3.86. The third-order valence-electron chi connectivity index (χ3n) is 2.33. The van der Waals surface area contributed by atoms with Crippen LogP contribution >= 0.6 is 0 Å². The van der Waals surface area contributed by atoms with Crippen LogP contribution < -0.4 is 10.3 Å². The van der Waals surface area contributed by atoms with Gasteiger partial charge in [0.05, 0.1) is 6.20 Å². The molecule has 6 nitrogen and oxygen atoms in total. The second-order valence-corrected chi connectivity index (χ2v) is 4.03. The Bertz CT molecular complexity index is 561. The summed E-state index contributed by atoms with van der Waals surface area (Å²) in [6.45, 7) is 3.77. The molecule has 1 aromatic carbocycles. The van der Waals surface area contributed by atoms with Crippen molar-refractivity contribution in [3.8, 4) is 0 Å². The monoisotopic (exact) mass is 244 g/mol. The first-order valence-electron chi connectivity index (χ1n) is 5.39. The van der Waals surface area contributed by atoms with E-state index >= 15 is 0 Å². The average molecular weight is 244 g/mol. The molecular formula is C12H14N5O. The minimum atomic E-state index is -0.276. The van der Waals surface area contributed by atoms with Crippen molar-refractivity contribution in [2.75, 3.05) is 24.4 Å². The summed E-state index contributed by atoms with van der Waals surface area (Å²) < 4.78 is 0. The number of benzene rings is 1. The normalized spacial score (nSPS) is 10.2. The van der Waals surface area contributed by atoms with E-state index in [0.717, 1.165) is 10.5 Å². The van der Waals surface area contributed by atoms with Gasteiger partial charge in [-0.25, -0.2) is 5.43 Å². The van der Waals surface area contributed by atoms with Crippen LogP contribution in [-0.2, 0) is 0 Å². The summed E-state index contributed by atoms with van der Waals surface area (Å²) in [5, 5.41) is 8.02. The van der Waals surface area contributed by atoms with E-state index in [1.54, 1.807) is 29.3 Å². The highest BCUT2D eigenvalue weighted by molar-refractivity contribution is 5.99. The van der Waals surface area contributed by atoms with Gasteiger partial charge in [-0.3, -0.25) is 4.79 Å². The Morgan fingerprint density at radius 3 is 2.83 bits per heavy atom. The van der Waals surface area contributed by atoms with Gasteiger partial charge in [-0.15, -0.1) is 10.2 Å². The molecule has 0 saturated heterocycles. The fraction of sp³-hybridized carbons (Fsp3) is 0.167. The summed E-state index contributed by atoms with van der Waals surface area (Å²) in [6, 6.07) is 7.01. The van der Waals surface area contributed by atoms with Crippen molar-refractivity contribution < 1.29 is 4.79 Å². The molecule has 0 aliphatic rings. The second-order valence-electron chi connectivity index (χ2n) is 4.03. The molecule has 0 fully saturated rings. The lowest BCUT2D eigenvalue weighted by molar-refractivity contribution is 0.100. The van der Waals surface area contributed by atoms with Gasteiger partial charge in [-0.05, 0) is 24.6 Å². The molecule has 0 bridgehead atoms. The zero-order chi connectivity index (χ0) is 13.1. The SMILES string of the molecule is [CH2]c1cccc(C(=O)Nn2ncc(N(C)C)n2)c1. The maximum absolute atomic E-state index is 11.9. The number of aromatic nitrogens is 3. The number of nitrogens with one attached hydrogen (secondary N) is 1. The van der Waals surface area contributed by atoms with Gasteiger partial charge < -0.3 is 4.90 Å². The molecule has 1 radical (unpaired) electrons. The van der Waals surface area contributed by atoms with Gasteiger partial charge in [0, 0.05) is 19.7 Å². The molecule has 0 saturated carbocycles. The van der Waals surface area contributed by atoms with Crippen LogP contribution in [0, 0.1) is 6.92 Å². The van der Waals surface area contributed by atoms with Crippen molar-refractivity contribution in [3.63, 3.8) is 0 Å². The number of carbonyl (C=O) groups is 1. The first kappa shape index (κ1) is 12.1. The van der Waals surface area contributed by atoms with E-state index in [9.17, 15) is 4.79 Å². The predicted molar refractivity (Wildman–Crippen MR) is 68.9 cm³/mol. The van der Waals surface area contributed by atoms with Crippen LogP contribution in [-0.4, -0.2) is 35.1 Å². The number of hydrogen-bond acceptors (Lipinski definition) is 4. The number of rotatable bonds is 3. The van der Waals surface area contributed by atoms with Crippen LogP contribution in [0.3, 0.4) is 0 Å². The van der Waals surface area contributed by atoms with Gasteiger partial charge in [0.15, 0.2) is 5.82 Å². The zero-order valence-electron chi connectivity index (χ0n) is 10.3. The number of carbonyl (C=O) groups excluding carboxylic acids is 1. The van der Waals surface area contributed by atoms with Crippen molar-refractivity contribution in [1.29, 1.82) is 0 Å². The molecule has 1 aromatic heterocycles. The summed E-state index contributed by atoms with van der Waals surface area (Å²) in [5.74, 6) is 0.391. The number of amides is 1. The maximum Gasteiger partial charge on any atom is 0.272 e. The van der Waals surface area contributed by atoms with Gasteiger partial charge >= 0.3 is 0 Å². The summed E-state index contributed by atoms with van der Waals surface area (Å²) in [6.07, 6.45) is 1.57. The van der Waals surface area contributed by atoms with Gasteiger partial charge in [0.2, 0.25) is 0 Å². The zero-order valence-corrected chi connectivity index (χ0v) is 10.3. The first-order chi connectivity index (χ1) is 8.56. The molecular weight excluding hydrogens is 230 g/mol. The minimum absolute atomic E-state index is 0.276. The van der Waals surface area contributed by atoms with Gasteiger partial charge in [0.25, 0.3) is 5.91 Å². The molecule has 0 spiro atoms. The number of nitrogens with zero attached hydrogens (tertiary/aromatic N) is 4. The fourth-order valence-electron chi connectivity index (χ4n) is 1.38. The van der Waals surface area contributed by atoms with Crippen molar-refractivity contribution >= 4 is 11.7 Å². The van der Waals surface area contributed by atoms with Crippen LogP contribution in [0.25, 0.3) is 0 Å². The number of anilines is 1. The molecule has 93 valence electrons. The van der Waals surface area contributed by atoms with E-state index < -0.39 is 0 Å². The molecule has 1 amide bonds. The molecule has 0 aliphatic heterocycles. The maximum atomic E-state index is 11.9. The third-order valence-corrected chi connectivity index (χ3v) is 2.33. The molecule has 0 aliphatic carbocycles.